The molecule has 0 bridgehead atoms. The Morgan fingerprint density at radius 2 is 1.44 bits per heavy atom. The van der Waals surface area contributed by atoms with Crippen molar-refractivity contribution < 1.29 is 4.79 Å². The van der Waals surface area contributed by atoms with E-state index in [0.29, 0.717) is 0 Å². The van der Waals surface area contributed by atoms with Crippen LogP contribution in [0.3, 0.4) is 0 Å². The van der Waals surface area contributed by atoms with E-state index in [4.69, 9.17) is 5.84 Å². The second kappa shape index (κ2) is 3.59. The van der Waals surface area contributed by atoms with Gasteiger partial charge in [-0.2, -0.15) is 0 Å². The standard InChI is InChI=1S/C13H24N2O/c1-8-9(12(2,3)4)10(13(5,6)7)11(16)15(8)14/h9-10H,1,14H2,2-7H3. The molecule has 0 aromatic heterocycles. The summed E-state index contributed by atoms with van der Waals surface area (Å²) >= 11 is 0. The zero-order valence-corrected chi connectivity index (χ0v) is 11.3. The predicted molar refractivity (Wildman–Crippen MR) is 66.1 cm³/mol. The number of carbonyl (C=O) groups excluding carboxylic acids is 1. The monoisotopic (exact) mass is 224 g/mol. The number of nitrogens with two attached hydrogens (primary N) is 1. The summed E-state index contributed by atoms with van der Waals surface area (Å²) in [6.07, 6.45) is 0. The molecule has 2 atom stereocenters. The Hall–Kier alpha value is -0.830. The van der Waals surface area contributed by atoms with Crippen molar-refractivity contribution in [3.05, 3.63) is 12.3 Å². The van der Waals surface area contributed by atoms with E-state index in [1.807, 2.05) is 0 Å². The summed E-state index contributed by atoms with van der Waals surface area (Å²) < 4.78 is 0. The van der Waals surface area contributed by atoms with Gasteiger partial charge in [0.1, 0.15) is 0 Å². The normalized spacial score (nSPS) is 27.8. The molecule has 2 N–H and O–H groups in total. The summed E-state index contributed by atoms with van der Waals surface area (Å²) in [4.78, 5) is 12.2. The van der Waals surface area contributed by atoms with Gasteiger partial charge in [0.25, 0.3) is 0 Å². The minimum absolute atomic E-state index is 0.00118. The minimum atomic E-state index is -0.0912. The van der Waals surface area contributed by atoms with Crippen molar-refractivity contribution in [2.45, 2.75) is 41.5 Å². The minimum Gasteiger partial charge on any atom is -0.273 e. The third kappa shape index (κ3) is 2.01. The maximum absolute atomic E-state index is 12.2. The molecule has 2 unspecified atom stereocenters. The van der Waals surface area contributed by atoms with Gasteiger partial charge in [0.15, 0.2) is 0 Å². The SMILES string of the molecule is C=C1C(C(C)(C)C)C(C(C)(C)C)C(=O)N1N. The second-order valence-corrected chi connectivity index (χ2v) is 6.89. The smallest absolute Gasteiger partial charge is 0.245 e. The van der Waals surface area contributed by atoms with Crippen LogP contribution in [-0.2, 0) is 4.79 Å². The largest absolute Gasteiger partial charge is 0.273 e. The Morgan fingerprint density at radius 3 is 1.69 bits per heavy atom. The van der Waals surface area contributed by atoms with E-state index >= 15 is 0 Å². The Labute approximate surface area is 98.7 Å². The number of hydrogen-bond donors (Lipinski definition) is 1. The van der Waals surface area contributed by atoms with Crippen LogP contribution < -0.4 is 5.84 Å². The first-order valence-electron chi connectivity index (χ1n) is 5.75. The summed E-state index contributed by atoms with van der Waals surface area (Å²) in [5.74, 6) is 5.81. The van der Waals surface area contributed by atoms with Crippen molar-refractivity contribution in [1.82, 2.24) is 5.01 Å². The Morgan fingerprint density at radius 1 is 1.06 bits per heavy atom. The van der Waals surface area contributed by atoms with Gasteiger partial charge in [0, 0.05) is 11.6 Å². The topological polar surface area (TPSA) is 46.3 Å². The molecular weight excluding hydrogens is 200 g/mol. The number of carbonyl (C=O) groups is 1. The quantitative estimate of drug-likeness (QED) is 0.507. The van der Waals surface area contributed by atoms with Gasteiger partial charge < -0.3 is 0 Å². The highest BCUT2D eigenvalue weighted by Gasteiger charge is 2.52. The molecule has 16 heavy (non-hydrogen) atoms. The Balaban J connectivity index is 3.23. The third-order valence-electron chi connectivity index (χ3n) is 3.37. The van der Waals surface area contributed by atoms with Gasteiger partial charge in [-0.15, -0.1) is 0 Å². The lowest BCUT2D eigenvalue weighted by atomic mass is 9.65. The maximum Gasteiger partial charge on any atom is 0.245 e. The Kier molecular flexibility index (Phi) is 2.97. The van der Waals surface area contributed by atoms with Crippen molar-refractivity contribution in [3.8, 4) is 0 Å². The third-order valence-corrected chi connectivity index (χ3v) is 3.37. The molecule has 0 aromatic carbocycles. The summed E-state index contributed by atoms with van der Waals surface area (Å²) in [5, 5.41) is 1.24. The zero-order chi connectivity index (χ0) is 12.9. The lowest BCUT2D eigenvalue weighted by molar-refractivity contribution is -0.134. The fourth-order valence-corrected chi connectivity index (χ4v) is 2.65. The van der Waals surface area contributed by atoms with E-state index in [1.165, 1.54) is 5.01 Å². The summed E-state index contributed by atoms with van der Waals surface area (Å²) in [5.41, 5.74) is 0.655. The number of allylic oxidation sites excluding steroid dienone is 1. The molecule has 0 aliphatic carbocycles. The van der Waals surface area contributed by atoms with Crippen LogP contribution in [0.15, 0.2) is 12.3 Å². The van der Waals surface area contributed by atoms with Crippen molar-refractivity contribution in [3.63, 3.8) is 0 Å². The molecule has 1 saturated heterocycles. The molecular formula is C13H24N2O. The fourth-order valence-electron chi connectivity index (χ4n) is 2.65. The van der Waals surface area contributed by atoms with Crippen molar-refractivity contribution in [1.29, 1.82) is 0 Å². The van der Waals surface area contributed by atoms with E-state index in [9.17, 15) is 4.79 Å². The van der Waals surface area contributed by atoms with Gasteiger partial charge in [-0.3, -0.25) is 9.80 Å². The number of hydrazine groups is 1. The van der Waals surface area contributed by atoms with Crippen molar-refractivity contribution >= 4 is 5.91 Å². The molecule has 3 nitrogen and oxygen atoms in total. The molecule has 0 aromatic rings. The number of hydrogen-bond acceptors (Lipinski definition) is 2. The molecule has 1 heterocycles. The zero-order valence-electron chi connectivity index (χ0n) is 11.3. The molecule has 1 fully saturated rings. The lowest BCUT2D eigenvalue weighted by Crippen LogP contribution is -2.38. The lowest BCUT2D eigenvalue weighted by Gasteiger charge is -2.37. The second-order valence-electron chi connectivity index (χ2n) is 6.89. The van der Waals surface area contributed by atoms with E-state index in [1.54, 1.807) is 0 Å². The molecule has 3 heteroatoms. The average Bonchev–Trinajstić information content (AvgIpc) is 2.27. The molecule has 92 valence electrons. The van der Waals surface area contributed by atoms with Gasteiger partial charge in [0.05, 0.1) is 5.92 Å². The molecule has 0 saturated carbocycles. The van der Waals surface area contributed by atoms with E-state index in [2.05, 4.69) is 48.1 Å². The van der Waals surface area contributed by atoms with Gasteiger partial charge in [-0.1, -0.05) is 48.1 Å². The van der Waals surface area contributed by atoms with Gasteiger partial charge >= 0.3 is 0 Å². The Bertz CT molecular complexity index is 288. The fraction of sp³-hybridized carbons (Fsp3) is 0.769. The van der Waals surface area contributed by atoms with Crippen LogP contribution in [-0.4, -0.2) is 10.9 Å². The van der Waals surface area contributed by atoms with E-state index in [-0.39, 0.29) is 28.6 Å². The van der Waals surface area contributed by atoms with Crippen LogP contribution in [0.5, 0.6) is 0 Å². The van der Waals surface area contributed by atoms with Crippen LogP contribution >= 0.6 is 0 Å². The van der Waals surface area contributed by atoms with E-state index < -0.39 is 0 Å². The molecule has 0 radical (unpaired) electrons. The van der Waals surface area contributed by atoms with E-state index in [0.717, 1.165) is 5.70 Å². The first-order valence-corrected chi connectivity index (χ1v) is 5.75. The molecule has 1 aliphatic heterocycles. The highest BCUT2D eigenvalue weighted by atomic mass is 16.2. The summed E-state index contributed by atoms with van der Waals surface area (Å²) in [6, 6.07) is 0. The number of amides is 1. The predicted octanol–water partition coefficient (Wildman–Crippen LogP) is 2.54. The van der Waals surface area contributed by atoms with Gasteiger partial charge in [-0.05, 0) is 10.8 Å². The summed E-state index contributed by atoms with van der Waals surface area (Å²) in [7, 11) is 0. The van der Waals surface area contributed by atoms with Crippen LogP contribution in [0, 0.1) is 22.7 Å². The number of rotatable bonds is 0. The van der Waals surface area contributed by atoms with Crippen LogP contribution in [0.1, 0.15) is 41.5 Å². The molecule has 0 spiro atoms. The molecule has 1 rings (SSSR count). The van der Waals surface area contributed by atoms with Crippen molar-refractivity contribution in [2.75, 3.05) is 0 Å². The van der Waals surface area contributed by atoms with Crippen LogP contribution in [0.2, 0.25) is 0 Å². The maximum atomic E-state index is 12.2. The highest BCUT2D eigenvalue weighted by Crippen LogP contribution is 2.49. The summed E-state index contributed by atoms with van der Waals surface area (Å²) in [6.45, 7) is 16.6. The van der Waals surface area contributed by atoms with Crippen LogP contribution in [0.25, 0.3) is 0 Å². The first kappa shape index (κ1) is 13.2. The van der Waals surface area contributed by atoms with Gasteiger partial charge in [0.2, 0.25) is 5.91 Å². The van der Waals surface area contributed by atoms with Crippen LogP contribution in [0.4, 0.5) is 0 Å². The highest BCUT2D eigenvalue weighted by molar-refractivity contribution is 5.84. The van der Waals surface area contributed by atoms with Gasteiger partial charge in [-0.25, -0.2) is 5.84 Å². The van der Waals surface area contributed by atoms with Crippen molar-refractivity contribution in [2.24, 2.45) is 28.5 Å². The molecule has 1 aliphatic rings. The molecule has 1 amide bonds. The average molecular weight is 224 g/mol. The first-order chi connectivity index (χ1) is 6.98. The number of nitrogens with zero attached hydrogens (tertiary/aromatic N) is 1.